The van der Waals surface area contributed by atoms with Gasteiger partial charge in [-0.1, -0.05) is 48.5 Å². The lowest BCUT2D eigenvalue weighted by atomic mass is 10.1. The lowest BCUT2D eigenvalue weighted by molar-refractivity contribution is -0.121. The summed E-state index contributed by atoms with van der Waals surface area (Å²) >= 11 is 0. The molecule has 2 amide bonds. The van der Waals surface area contributed by atoms with Crippen molar-refractivity contribution in [2.45, 2.75) is 25.9 Å². The Kier molecular flexibility index (Phi) is 5.72. The summed E-state index contributed by atoms with van der Waals surface area (Å²) in [4.78, 5) is 23.9. The Balaban J connectivity index is 1.75. The third-order valence-corrected chi connectivity index (χ3v) is 3.24. The molecule has 4 nitrogen and oxygen atoms in total. The largest absolute Gasteiger partial charge is 0.352 e. The maximum atomic E-state index is 12.0. The Labute approximate surface area is 130 Å². The molecule has 114 valence electrons. The third kappa shape index (κ3) is 5.05. The van der Waals surface area contributed by atoms with E-state index in [0.717, 1.165) is 5.56 Å². The first-order valence-electron chi connectivity index (χ1n) is 7.31. The maximum absolute atomic E-state index is 12.0. The van der Waals surface area contributed by atoms with E-state index in [2.05, 4.69) is 10.6 Å². The summed E-state index contributed by atoms with van der Waals surface area (Å²) in [5.41, 5.74) is 1.65. The van der Waals surface area contributed by atoms with Gasteiger partial charge in [-0.05, 0) is 24.6 Å². The van der Waals surface area contributed by atoms with Crippen molar-refractivity contribution in [3.63, 3.8) is 0 Å². The fraction of sp³-hybridized carbons (Fsp3) is 0.222. The molecule has 0 radical (unpaired) electrons. The van der Waals surface area contributed by atoms with Crippen LogP contribution in [-0.2, 0) is 11.3 Å². The quantitative estimate of drug-likeness (QED) is 0.860. The molecule has 2 aromatic carbocycles. The highest BCUT2D eigenvalue weighted by atomic mass is 16.2. The van der Waals surface area contributed by atoms with E-state index in [1.54, 1.807) is 12.1 Å². The zero-order valence-corrected chi connectivity index (χ0v) is 12.6. The van der Waals surface area contributed by atoms with E-state index in [0.29, 0.717) is 12.1 Å². The molecule has 0 aliphatic carbocycles. The predicted molar refractivity (Wildman–Crippen MR) is 86.3 cm³/mol. The van der Waals surface area contributed by atoms with Gasteiger partial charge in [-0.3, -0.25) is 9.59 Å². The number of carbonyl (C=O) groups is 2. The summed E-state index contributed by atoms with van der Waals surface area (Å²) in [5.74, 6) is -0.242. The van der Waals surface area contributed by atoms with Crippen LogP contribution in [0.5, 0.6) is 0 Å². The molecule has 4 heteroatoms. The van der Waals surface area contributed by atoms with Crippen molar-refractivity contribution in [1.82, 2.24) is 10.6 Å². The van der Waals surface area contributed by atoms with Crippen LogP contribution in [0.3, 0.4) is 0 Å². The smallest absolute Gasteiger partial charge is 0.251 e. The second kappa shape index (κ2) is 7.98. The van der Waals surface area contributed by atoms with Gasteiger partial charge < -0.3 is 10.6 Å². The molecule has 2 N–H and O–H groups in total. The zero-order valence-electron chi connectivity index (χ0n) is 12.6. The first kappa shape index (κ1) is 15.8. The van der Waals surface area contributed by atoms with Gasteiger partial charge in [-0.25, -0.2) is 0 Å². The summed E-state index contributed by atoms with van der Waals surface area (Å²) in [5, 5.41) is 5.68. The first-order valence-corrected chi connectivity index (χ1v) is 7.31. The van der Waals surface area contributed by atoms with Gasteiger partial charge in [0.05, 0.1) is 0 Å². The Morgan fingerprint density at radius 3 is 2.18 bits per heavy atom. The average Bonchev–Trinajstić information content (AvgIpc) is 2.54. The van der Waals surface area contributed by atoms with Crippen molar-refractivity contribution >= 4 is 11.8 Å². The minimum Gasteiger partial charge on any atom is -0.352 e. The van der Waals surface area contributed by atoms with Gasteiger partial charge >= 0.3 is 0 Å². The molecule has 0 spiro atoms. The monoisotopic (exact) mass is 296 g/mol. The van der Waals surface area contributed by atoms with Gasteiger partial charge in [-0.15, -0.1) is 0 Å². The summed E-state index contributed by atoms with van der Waals surface area (Å²) in [7, 11) is 0. The molecule has 0 fully saturated rings. The summed E-state index contributed by atoms with van der Waals surface area (Å²) in [6.07, 6.45) is 0.255. The number of rotatable bonds is 6. The fourth-order valence-electron chi connectivity index (χ4n) is 2.09. The molecule has 0 bridgehead atoms. The minimum atomic E-state index is -0.219. The summed E-state index contributed by atoms with van der Waals surface area (Å²) in [6.45, 7) is 2.32. The Hall–Kier alpha value is -2.62. The molecule has 1 atom stereocenters. The van der Waals surface area contributed by atoms with Gasteiger partial charge in [0.25, 0.3) is 5.91 Å². The van der Waals surface area contributed by atoms with E-state index < -0.39 is 0 Å². The first-order chi connectivity index (χ1) is 10.6. The molecule has 2 rings (SSSR count). The van der Waals surface area contributed by atoms with E-state index in [1.165, 1.54) is 0 Å². The molecule has 1 unspecified atom stereocenters. The van der Waals surface area contributed by atoms with Crippen molar-refractivity contribution in [3.8, 4) is 0 Å². The number of hydrogen-bond donors (Lipinski definition) is 2. The second-order valence-electron chi connectivity index (χ2n) is 5.21. The van der Waals surface area contributed by atoms with Crippen LogP contribution in [-0.4, -0.2) is 17.9 Å². The van der Waals surface area contributed by atoms with Gasteiger partial charge in [0.1, 0.15) is 0 Å². The molecular formula is C18H20N2O2. The zero-order chi connectivity index (χ0) is 15.8. The molecule has 0 heterocycles. The predicted octanol–water partition coefficient (Wildman–Crippen LogP) is 2.51. The second-order valence-corrected chi connectivity index (χ2v) is 5.21. The number of benzene rings is 2. The number of amides is 2. The van der Waals surface area contributed by atoms with Gasteiger partial charge in [0.2, 0.25) is 5.91 Å². The standard InChI is InChI=1S/C18H20N2O2/c1-14(20-18(22)16-10-6-3-7-11-16)12-17(21)19-13-15-8-4-2-5-9-15/h2-11,14H,12-13H2,1H3,(H,19,21)(H,20,22). The lowest BCUT2D eigenvalue weighted by Gasteiger charge is -2.14. The minimum absolute atomic E-state index is 0.0790. The topological polar surface area (TPSA) is 58.2 Å². The van der Waals surface area contributed by atoms with Gasteiger partial charge in [-0.2, -0.15) is 0 Å². The highest BCUT2D eigenvalue weighted by molar-refractivity contribution is 5.94. The van der Waals surface area contributed by atoms with Gasteiger partial charge in [0, 0.05) is 24.6 Å². The fourth-order valence-corrected chi connectivity index (χ4v) is 2.09. The maximum Gasteiger partial charge on any atom is 0.251 e. The van der Waals surface area contributed by atoms with Crippen LogP contribution >= 0.6 is 0 Å². The molecular weight excluding hydrogens is 276 g/mol. The van der Waals surface area contributed by atoms with Crippen LogP contribution in [0, 0.1) is 0 Å². The summed E-state index contributed by atoms with van der Waals surface area (Å²) in [6, 6.07) is 18.5. The van der Waals surface area contributed by atoms with Crippen molar-refractivity contribution < 1.29 is 9.59 Å². The Bertz CT molecular complexity index is 611. The lowest BCUT2D eigenvalue weighted by Crippen LogP contribution is -2.37. The van der Waals surface area contributed by atoms with Crippen LogP contribution in [0.25, 0.3) is 0 Å². The van der Waals surface area contributed by atoms with E-state index >= 15 is 0 Å². The molecule has 0 aromatic heterocycles. The van der Waals surface area contributed by atoms with Crippen LogP contribution < -0.4 is 10.6 Å². The number of carbonyl (C=O) groups excluding carboxylic acids is 2. The highest BCUT2D eigenvalue weighted by Gasteiger charge is 2.12. The van der Waals surface area contributed by atoms with Crippen LogP contribution in [0.2, 0.25) is 0 Å². The van der Waals surface area contributed by atoms with E-state index in [1.807, 2.05) is 55.5 Å². The van der Waals surface area contributed by atoms with Crippen LogP contribution in [0.4, 0.5) is 0 Å². The van der Waals surface area contributed by atoms with Crippen molar-refractivity contribution in [2.75, 3.05) is 0 Å². The van der Waals surface area contributed by atoms with Crippen molar-refractivity contribution in [3.05, 3.63) is 71.8 Å². The molecule has 0 saturated carbocycles. The molecule has 2 aromatic rings. The molecule has 0 aliphatic rings. The SMILES string of the molecule is CC(CC(=O)NCc1ccccc1)NC(=O)c1ccccc1. The summed E-state index contributed by atoms with van der Waals surface area (Å²) < 4.78 is 0. The third-order valence-electron chi connectivity index (χ3n) is 3.24. The molecule has 0 aliphatic heterocycles. The number of hydrogen-bond acceptors (Lipinski definition) is 2. The molecule has 22 heavy (non-hydrogen) atoms. The van der Waals surface area contributed by atoms with Crippen molar-refractivity contribution in [1.29, 1.82) is 0 Å². The van der Waals surface area contributed by atoms with Crippen molar-refractivity contribution in [2.24, 2.45) is 0 Å². The van der Waals surface area contributed by atoms with E-state index in [-0.39, 0.29) is 24.3 Å². The Morgan fingerprint density at radius 2 is 1.55 bits per heavy atom. The number of nitrogens with one attached hydrogen (secondary N) is 2. The van der Waals surface area contributed by atoms with Crippen LogP contribution in [0.1, 0.15) is 29.3 Å². The molecule has 0 saturated heterocycles. The average molecular weight is 296 g/mol. The highest BCUT2D eigenvalue weighted by Crippen LogP contribution is 2.01. The van der Waals surface area contributed by atoms with Gasteiger partial charge in [0.15, 0.2) is 0 Å². The Morgan fingerprint density at radius 1 is 0.955 bits per heavy atom. The van der Waals surface area contributed by atoms with E-state index in [4.69, 9.17) is 0 Å². The normalized spacial score (nSPS) is 11.5. The van der Waals surface area contributed by atoms with Crippen LogP contribution in [0.15, 0.2) is 60.7 Å². The van der Waals surface area contributed by atoms with E-state index in [9.17, 15) is 9.59 Å².